The zero-order valence-corrected chi connectivity index (χ0v) is 7.94. The number of hydrogen-bond acceptors (Lipinski definition) is 3. The van der Waals surface area contributed by atoms with Gasteiger partial charge in [-0.1, -0.05) is 0 Å². The highest BCUT2D eigenvalue weighted by atomic mass is 19.4. The van der Waals surface area contributed by atoms with Crippen molar-refractivity contribution in [1.82, 2.24) is 15.0 Å². The Hall–Kier alpha value is -1.98. The van der Waals surface area contributed by atoms with Gasteiger partial charge in [-0.3, -0.25) is 4.98 Å². The molecule has 0 amide bonds. The standard InChI is InChI=1S/C10H6F3N3/c11-10(12,13)8-7(3-1-4-14-8)9-15-5-2-6-16-9/h1-6H. The molecule has 0 N–H and O–H groups in total. The van der Waals surface area contributed by atoms with Gasteiger partial charge in [0.25, 0.3) is 0 Å². The maximum Gasteiger partial charge on any atom is 0.434 e. The predicted octanol–water partition coefficient (Wildman–Crippen LogP) is 2.56. The van der Waals surface area contributed by atoms with Gasteiger partial charge in [-0.15, -0.1) is 0 Å². The second-order valence-corrected chi connectivity index (χ2v) is 2.97. The van der Waals surface area contributed by atoms with E-state index < -0.39 is 11.9 Å². The second kappa shape index (κ2) is 3.88. The number of alkyl halides is 3. The molecule has 0 aromatic carbocycles. The molecule has 2 rings (SSSR count). The molecule has 0 fully saturated rings. The Kier molecular flexibility index (Phi) is 2.55. The van der Waals surface area contributed by atoms with Crippen molar-refractivity contribution in [2.75, 3.05) is 0 Å². The van der Waals surface area contributed by atoms with E-state index in [1.165, 1.54) is 30.6 Å². The molecule has 3 nitrogen and oxygen atoms in total. The number of pyridine rings is 1. The lowest BCUT2D eigenvalue weighted by atomic mass is 10.1. The van der Waals surface area contributed by atoms with E-state index in [-0.39, 0.29) is 11.4 Å². The molecule has 0 atom stereocenters. The van der Waals surface area contributed by atoms with Crippen LogP contribution in [0, 0.1) is 0 Å². The van der Waals surface area contributed by atoms with Crippen LogP contribution in [0.4, 0.5) is 13.2 Å². The smallest absolute Gasteiger partial charge is 0.251 e. The highest BCUT2D eigenvalue weighted by Crippen LogP contribution is 2.33. The molecule has 6 heteroatoms. The molecule has 0 saturated carbocycles. The zero-order chi connectivity index (χ0) is 11.6. The van der Waals surface area contributed by atoms with Crippen LogP contribution in [0.5, 0.6) is 0 Å². The fourth-order valence-corrected chi connectivity index (χ4v) is 1.25. The van der Waals surface area contributed by atoms with E-state index in [1.807, 2.05) is 0 Å². The molecular weight excluding hydrogens is 219 g/mol. The first-order valence-corrected chi connectivity index (χ1v) is 4.38. The van der Waals surface area contributed by atoms with Gasteiger partial charge in [0.15, 0.2) is 11.5 Å². The lowest BCUT2D eigenvalue weighted by Gasteiger charge is -2.09. The fraction of sp³-hybridized carbons (Fsp3) is 0.100. The van der Waals surface area contributed by atoms with E-state index in [1.54, 1.807) is 0 Å². The Morgan fingerprint density at radius 2 is 1.50 bits per heavy atom. The van der Waals surface area contributed by atoms with E-state index >= 15 is 0 Å². The third-order valence-electron chi connectivity index (χ3n) is 1.88. The average Bonchev–Trinajstić information content (AvgIpc) is 2.29. The number of rotatable bonds is 1. The van der Waals surface area contributed by atoms with E-state index in [2.05, 4.69) is 15.0 Å². The van der Waals surface area contributed by atoms with Crippen molar-refractivity contribution < 1.29 is 13.2 Å². The summed E-state index contributed by atoms with van der Waals surface area (Å²) in [6.45, 7) is 0. The van der Waals surface area contributed by atoms with Crippen molar-refractivity contribution >= 4 is 0 Å². The number of hydrogen-bond donors (Lipinski definition) is 0. The maximum absolute atomic E-state index is 12.6. The molecule has 2 heterocycles. The minimum atomic E-state index is -4.50. The third-order valence-corrected chi connectivity index (χ3v) is 1.88. The molecule has 82 valence electrons. The lowest BCUT2D eigenvalue weighted by molar-refractivity contribution is -0.140. The van der Waals surface area contributed by atoms with Gasteiger partial charge in [0.1, 0.15) is 0 Å². The number of halogens is 3. The molecular formula is C10H6F3N3. The largest absolute Gasteiger partial charge is 0.434 e. The first-order valence-electron chi connectivity index (χ1n) is 4.38. The van der Waals surface area contributed by atoms with E-state index in [0.717, 1.165) is 6.20 Å². The molecule has 16 heavy (non-hydrogen) atoms. The highest BCUT2D eigenvalue weighted by Gasteiger charge is 2.35. The van der Waals surface area contributed by atoms with Gasteiger partial charge >= 0.3 is 6.18 Å². The summed E-state index contributed by atoms with van der Waals surface area (Å²) in [5, 5.41) is 0. The minimum absolute atomic E-state index is 0.0166. The summed E-state index contributed by atoms with van der Waals surface area (Å²) in [6.07, 6.45) is -0.643. The van der Waals surface area contributed by atoms with Crippen molar-refractivity contribution in [2.24, 2.45) is 0 Å². The Morgan fingerprint density at radius 3 is 2.12 bits per heavy atom. The molecule has 2 aromatic heterocycles. The summed E-state index contributed by atoms with van der Waals surface area (Å²) < 4.78 is 37.8. The summed E-state index contributed by atoms with van der Waals surface area (Å²) in [6, 6.07) is 4.25. The first-order chi connectivity index (χ1) is 7.59. The van der Waals surface area contributed by atoms with Crippen LogP contribution in [0.15, 0.2) is 36.8 Å². The molecule has 0 spiro atoms. The summed E-state index contributed by atoms with van der Waals surface area (Å²) in [5.41, 5.74) is -1.09. The van der Waals surface area contributed by atoms with Gasteiger partial charge in [0.2, 0.25) is 0 Å². The van der Waals surface area contributed by atoms with Crippen molar-refractivity contribution in [2.45, 2.75) is 6.18 Å². The van der Waals surface area contributed by atoms with E-state index in [4.69, 9.17) is 0 Å². The van der Waals surface area contributed by atoms with E-state index in [9.17, 15) is 13.2 Å². The van der Waals surface area contributed by atoms with Crippen LogP contribution in [-0.4, -0.2) is 15.0 Å². The maximum atomic E-state index is 12.6. The summed E-state index contributed by atoms with van der Waals surface area (Å²) >= 11 is 0. The summed E-state index contributed by atoms with van der Waals surface area (Å²) in [7, 11) is 0. The second-order valence-electron chi connectivity index (χ2n) is 2.97. The van der Waals surface area contributed by atoms with Gasteiger partial charge in [0.05, 0.1) is 5.56 Å². The molecule has 0 aliphatic heterocycles. The van der Waals surface area contributed by atoms with Crippen LogP contribution in [-0.2, 0) is 6.18 Å². The Bertz CT molecular complexity index is 482. The van der Waals surface area contributed by atoms with Gasteiger partial charge in [-0.2, -0.15) is 13.2 Å². The van der Waals surface area contributed by atoms with E-state index in [0.29, 0.717) is 0 Å². The Morgan fingerprint density at radius 1 is 0.875 bits per heavy atom. The fourth-order valence-electron chi connectivity index (χ4n) is 1.25. The summed E-state index contributed by atoms with van der Waals surface area (Å²) in [4.78, 5) is 10.9. The lowest BCUT2D eigenvalue weighted by Crippen LogP contribution is -2.10. The van der Waals surface area contributed by atoms with Crippen LogP contribution in [0.2, 0.25) is 0 Å². The molecule has 0 aliphatic carbocycles. The third kappa shape index (κ3) is 2.00. The van der Waals surface area contributed by atoms with Crippen LogP contribution < -0.4 is 0 Å². The SMILES string of the molecule is FC(F)(F)c1ncccc1-c1ncccn1. The van der Waals surface area contributed by atoms with Gasteiger partial charge in [0, 0.05) is 18.6 Å². The van der Waals surface area contributed by atoms with Crippen molar-refractivity contribution in [1.29, 1.82) is 0 Å². The van der Waals surface area contributed by atoms with Crippen molar-refractivity contribution in [3.63, 3.8) is 0 Å². The molecule has 2 aromatic rings. The van der Waals surface area contributed by atoms with Gasteiger partial charge in [-0.25, -0.2) is 9.97 Å². The molecule has 0 aliphatic rings. The van der Waals surface area contributed by atoms with Crippen molar-refractivity contribution in [3.8, 4) is 11.4 Å². The molecule has 0 bridgehead atoms. The normalized spacial score (nSPS) is 11.4. The van der Waals surface area contributed by atoms with Gasteiger partial charge < -0.3 is 0 Å². The molecule has 0 saturated heterocycles. The predicted molar refractivity (Wildman–Crippen MR) is 50.3 cm³/mol. The number of aromatic nitrogens is 3. The van der Waals surface area contributed by atoms with Crippen LogP contribution in [0.25, 0.3) is 11.4 Å². The monoisotopic (exact) mass is 225 g/mol. The van der Waals surface area contributed by atoms with Crippen molar-refractivity contribution in [3.05, 3.63) is 42.5 Å². The Labute approximate surface area is 89.0 Å². The van der Waals surface area contributed by atoms with Crippen LogP contribution in [0.1, 0.15) is 5.69 Å². The van der Waals surface area contributed by atoms with Crippen LogP contribution in [0.3, 0.4) is 0 Å². The quantitative estimate of drug-likeness (QED) is 0.748. The minimum Gasteiger partial charge on any atom is -0.251 e. The van der Waals surface area contributed by atoms with Gasteiger partial charge in [-0.05, 0) is 18.2 Å². The molecule has 0 unspecified atom stereocenters. The zero-order valence-electron chi connectivity index (χ0n) is 7.94. The Balaban J connectivity index is 2.58. The van der Waals surface area contributed by atoms with Crippen LogP contribution >= 0.6 is 0 Å². The molecule has 0 radical (unpaired) electrons. The average molecular weight is 225 g/mol. The number of nitrogens with zero attached hydrogens (tertiary/aromatic N) is 3. The first kappa shape index (κ1) is 10.5. The topological polar surface area (TPSA) is 38.7 Å². The highest BCUT2D eigenvalue weighted by molar-refractivity contribution is 5.58. The summed E-state index contributed by atoms with van der Waals surface area (Å²) in [5.74, 6) is 0.0166.